The van der Waals surface area contributed by atoms with Crippen molar-refractivity contribution in [2.45, 2.75) is 19.1 Å². The van der Waals surface area contributed by atoms with Gasteiger partial charge in [-0.15, -0.1) is 0 Å². The third kappa shape index (κ3) is 4.86. The van der Waals surface area contributed by atoms with Crippen LogP contribution >= 0.6 is 23.2 Å². The molecular weight excluding hydrogens is 449 g/mol. The summed E-state index contributed by atoms with van der Waals surface area (Å²) in [7, 11) is 0. The standard InChI is InChI=1S/C19H21Cl2N5O5/c1-19(12-25-9-16(26(28)29)22-18(25)31-19)11-23-4-6-24(7-5-23)17(27)10-30-13-2-3-14(20)15(21)8-13/h2-3,8-9H,4-7,10-12H2,1H3. The third-order valence-electron chi connectivity index (χ3n) is 5.29. The minimum atomic E-state index is -0.534. The molecule has 0 N–H and O–H groups in total. The summed E-state index contributed by atoms with van der Waals surface area (Å²) < 4.78 is 13.1. The molecule has 12 heteroatoms. The van der Waals surface area contributed by atoms with E-state index in [2.05, 4.69) is 9.88 Å². The van der Waals surface area contributed by atoms with Gasteiger partial charge in [0, 0.05) is 43.8 Å². The van der Waals surface area contributed by atoms with E-state index >= 15 is 0 Å². The molecule has 1 unspecified atom stereocenters. The van der Waals surface area contributed by atoms with Crippen LogP contribution in [0.1, 0.15) is 6.92 Å². The van der Waals surface area contributed by atoms with Crippen LogP contribution in [0.5, 0.6) is 11.8 Å². The second kappa shape index (κ2) is 8.52. The van der Waals surface area contributed by atoms with Gasteiger partial charge in [-0.05, 0) is 24.0 Å². The van der Waals surface area contributed by atoms with E-state index in [0.29, 0.717) is 55.1 Å². The number of amides is 1. The first-order valence-corrected chi connectivity index (χ1v) is 10.5. The van der Waals surface area contributed by atoms with Gasteiger partial charge in [-0.1, -0.05) is 23.2 Å². The van der Waals surface area contributed by atoms with E-state index in [9.17, 15) is 14.9 Å². The number of carbonyl (C=O) groups is 1. The fraction of sp³-hybridized carbons (Fsp3) is 0.474. The zero-order chi connectivity index (χ0) is 22.2. The van der Waals surface area contributed by atoms with E-state index in [1.807, 2.05) is 6.92 Å². The largest absolute Gasteiger partial charge is 0.484 e. The fourth-order valence-corrected chi connectivity index (χ4v) is 4.08. The van der Waals surface area contributed by atoms with Gasteiger partial charge in [0.2, 0.25) is 0 Å². The molecule has 4 rings (SSSR count). The molecule has 0 spiro atoms. The lowest BCUT2D eigenvalue weighted by atomic mass is 10.1. The SMILES string of the molecule is CC1(CN2CCN(C(=O)COc3ccc(Cl)c(Cl)c3)CC2)Cn2cc([N+](=O)[O-])nc2O1. The molecule has 2 aliphatic rings. The van der Waals surface area contributed by atoms with E-state index in [4.69, 9.17) is 32.7 Å². The summed E-state index contributed by atoms with van der Waals surface area (Å²) in [5, 5.41) is 11.6. The summed E-state index contributed by atoms with van der Waals surface area (Å²) in [6.45, 7) is 5.55. The highest BCUT2D eigenvalue weighted by molar-refractivity contribution is 6.42. The summed E-state index contributed by atoms with van der Waals surface area (Å²) >= 11 is 11.8. The van der Waals surface area contributed by atoms with Crippen molar-refractivity contribution in [2.75, 3.05) is 39.3 Å². The van der Waals surface area contributed by atoms with Crippen LogP contribution in [0.2, 0.25) is 10.0 Å². The Morgan fingerprint density at radius 1 is 1.29 bits per heavy atom. The molecule has 0 aliphatic carbocycles. The molecule has 2 aliphatic heterocycles. The molecular formula is C19H21Cl2N5O5. The van der Waals surface area contributed by atoms with Crippen molar-refractivity contribution in [1.29, 1.82) is 0 Å². The number of benzene rings is 1. The van der Waals surface area contributed by atoms with Gasteiger partial charge in [0.15, 0.2) is 6.61 Å². The van der Waals surface area contributed by atoms with Gasteiger partial charge in [-0.2, -0.15) is 0 Å². The maximum atomic E-state index is 12.5. The summed E-state index contributed by atoms with van der Waals surface area (Å²) in [6, 6.07) is 5.14. The van der Waals surface area contributed by atoms with Gasteiger partial charge in [-0.25, -0.2) is 0 Å². The lowest BCUT2D eigenvalue weighted by Gasteiger charge is -2.37. The lowest BCUT2D eigenvalue weighted by Crippen LogP contribution is -2.54. The van der Waals surface area contributed by atoms with Gasteiger partial charge < -0.3 is 24.5 Å². The van der Waals surface area contributed by atoms with E-state index in [1.165, 1.54) is 6.20 Å². The Labute approximate surface area is 188 Å². The number of aromatic nitrogens is 2. The summed E-state index contributed by atoms with van der Waals surface area (Å²) in [4.78, 5) is 30.7. The molecule has 1 fully saturated rings. The minimum Gasteiger partial charge on any atom is -0.484 e. The van der Waals surface area contributed by atoms with Crippen LogP contribution in [-0.2, 0) is 11.3 Å². The number of halogens is 2. The fourth-order valence-electron chi connectivity index (χ4n) is 3.80. The number of carbonyl (C=O) groups excluding carboxylic acids is 1. The molecule has 10 nitrogen and oxygen atoms in total. The van der Waals surface area contributed by atoms with Gasteiger partial charge >= 0.3 is 11.8 Å². The lowest BCUT2D eigenvalue weighted by molar-refractivity contribution is -0.389. The van der Waals surface area contributed by atoms with Crippen molar-refractivity contribution in [2.24, 2.45) is 0 Å². The predicted molar refractivity (Wildman–Crippen MR) is 113 cm³/mol. The summed E-state index contributed by atoms with van der Waals surface area (Å²) in [5.41, 5.74) is -0.527. The smallest absolute Gasteiger partial charge is 0.415 e. The van der Waals surface area contributed by atoms with Gasteiger partial charge in [0.05, 0.1) is 16.6 Å². The molecule has 3 heterocycles. The number of ether oxygens (including phenoxy) is 2. The number of piperazine rings is 1. The number of rotatable bonds is 6. The van der Waals surface area contributed by atoms with Crippen LogP contribution in [0.25, 0.3) is 0 Å². The van der Waals surface area contributed by atoms with Crippen LogP contribution in [0, 0.1) is 10.1 Å². The highest BCUT2D eigenvalue weighted by Gasteiger charge is 2.42. The molecule has 1 aromatic heterocycles. The number of nitrogens with zero attached hydrogens (tertiary/aromatic N) is 5. The Bertz CT molecular complexity index is 982. The molecule has 31 heavy (non-hydrogen) atoms. The first-order valence-electron chi connectivity index (χ1n) is 9.71. The Morgan fingerprint density at radius 2 is 2.03 bits per heavy atom. The van der Waals surface area contributed by atoms with Crippen LogP contribution < -0.4 is 9.47 Å². The van der Waals surface area contributed by atoms with Crippen molar-refractivity contribution >= 4 is 34.9 Å². The van der Waals surface area contributed by atoms with E-state index in [1.54, 1.807) is 27.7 Å². The van der Waals surface area contributed by atoms with Crippen molar-refractivity contribution in [3.05, 3.63) is 44.6 Å². The quantitative estimate of drug-likeness (QED) is 0.472. The van der Waals surface area contributed by atoms with Gasteiger partial charge in [0.1, 0.15) is 17.5 Å². The van der Waals surface area contributed by atoms with Crippen LogP contribution in [0.15, 0.2) is 24.4 Å². The Balaban J connectivity index is 1.24. The van der Waals surface area contributed by atoms with Gasteiger partial charge in [0.25, 0.3) is 5.91 Å². The Morgan fingerprint density at radius 3 is 2.68 bits per heavy atom. The van der Waals surface area contributed by atoms with Crippen LogP contribution in [-0.4, -0.2) is 75.1 Å². The van der Waals surface area contributed by atoms with Crippen molar-refractivity contribution in [1.82, 2.24) is 19.4 Å². The second-order valence-corrected chi connectivity index (χ2v) is 8.65. The average molecular weight is 470 g/mol. The summed E-state index contributed by atoms with van der Waals surface area (Å²) in [6.07, 6.45) is 1.39. The molecule has 0 radical (unpaired) electrons. The average Bonchev–Trinajstić information content (AvgIpc) is 3.24. The molecule has 1 atom stereocenters. The highest BCUT2D eigenvalue weighted by atomic mass is 35.5. The number of fused-ring (bicyclic) bond motifs is 1. The number of hydrogen-bond acceptors (Lipinski definition) is 7. The van der Waals surface area contributed by atoms with E-state index < -0.39 is 10.5 Å². The first kappa shape index (κ1) is 21.7. The molecule has 1 amide bonds. The number of hydrogen-bond donors (Lipinski definition) is 0. The molecule has 166 valence electrons. The zero-order valence-electron chi connectivity index (χ0n) is 16.8. The maximum Gasteiger partial charge on any atom is 0.415 e. The third-order valence-corrected chi connectivity index (χ3v) is 6.03. The second-order valence-electron chi connectivity index (χ2n) is 7.84. The topological polar surface area (TPSA) is 103 Å². The normalized spacial score (nSPS) is 20.9. The van der Waals surface area contributed by atoms with E-state index in [-0.39, 0.29) is 24.3 Å². The Kier molecular flexibility index (Phi) is 5.96. The number of nitro groups is 1. The van der Waals surface area contributed by atoms with Crippen LogP contribution in [0.4, 0.5) is 5.82 Å². The molecule has 0 saturated carbocycles. The molecule has 1 aromatic carbocycles. The maximum absolute atomic E-state index is 12.5. The molecule has 0 bridgehead atoms. The summed E-state index contributed by atoms with van der Waals surface area (Å²) in [5.74, 6) is 0.180. The molecule has 2 aromatic rings. The Hall–Kier alpha value is -2.56. The first-order chi connectivity index (χ1) is 14.7. The molecule has 1 saturated heterocycles. The number of imidazole rings is 1. The van der Waals surface area contributed by atoms with E-state index in [0.717, 1.165) is 0 Å². The van der Waals surface area contributed by atoms with Gasteiger partial charge in [-0.3, -0.25) is 14.3 Å². The van der Waals surface area contributed by atoms with Crippen LogP contribution in [0.3, 0.4) is 0 Å². The van der Waals surface area contributed by atoms with Crippen molar-refractivity contribution in [3.8, 4) is 11.8 Å². The predicted octanol–water partition coefficient (Wildman–Crippen LogP) is 2.47. The minimum absolute atomic E-state index is 0.0707. The zero-order valence-corrected chi connectivity index (χ0v) is 18.3. The van der Waals surface area contributed by atoms with Crippen molar-refractivity contribution < 1.29 is 19.2 Å². The van der Waals surface area contributed by atoms with Crippen molar-refractivity contribution in [3.63, 3.8) is 0 Å². The monoisotopic (exact) mass is 469 g/mol. The highest BCUT2D eigenvalue weighted by Crippen LogP contribution is 2.31.